The molecule has 0 saturated carbocycles. The first-order valence-corrected chi connectivity index (χ1v) is 11.7. The number of halogens is 1. The first-order valence-electron chi connectivity index (χ1n) is 11.7. The molecule has 2 heterocycles. The van der Waals surface area contributed by atoms with Gasteiger partial charge in [-0.25, -0.2) is 9.18 Å². The summed E-state index contributed by atoms with van der Waals surface area (Å²) in [4.78, 5) is 39.7. The zero-order chi connectivity index (χ0) is 26.0. The molecule has 0 unspecified atom stereocenters. The lowest BCUT2D eigenvalue weighted by Gasteiger charge is -2.25. The molecular weight excluding hydrogens is 469 g/mol. The molecule has 5 N–H and O–H groups in total. The van der Waals surface area contributed by atoms with Crippen molar-refractivity contribution >= 4 is 40.0 Å². The van der Waals surface area contributed by atoms with Crippen LogP contribution in [0.1, 0.15) is 6.92 Å². The van der Waals surface area contributed by atoms with Gasteiger partial charge in [-0.15, -0.1) is 0 Å². The molecule has 1 aromatic heterocycles. The highest BCUT2D eigenvalue weighted by Crippen LogP contribution is 2.28. The summed E-state index contributed by atoms with van der Waals surface area (Å²) in [5.74, 6) is -0.817. The molecule has 2 amide bonds. The van der Waals surface area contributed by atoms with Crippen molar-refractivity contribution in [3.05, 3.63) is 52.6 Å². The topological polar surface area (TPSA) is 141 Å². The van der Waals surface area contributed by atoms with Crippen molar-refractivity contribution in [2.45, 2.75) is 19.6 Å². The van der Waals surface area contributed by atoms with Crippen LogP contribution >= 0.6 is 0 Å². The fraction of sp³-hybridized carbons (Fsp3) is 0.375. The molecule has 1 fully saturated rings. The molecule has 1 saturated heterocycles. The number of amides is 2. The van der Waals surface area contributed by atoms with Crippen LogP contribution in [0.15, 0.2) is 41.2 Å². The van der Waals surface area contributed by atoms with Crippen LogP contribution in [0.25, 0.3) is 10.9 Å². The van der Waals surface area contributed by atoms with E-state index in [1.165, 1.54) is 15.6 Å². The molecule has 12 heteroatoms. The zero-order valence-electron chi connectivity index (χ0n) is 20.2. The molecule has 0 spiro atoms. The molecule has 2 aromatic carbocycles. The minimum absolute atomic E-state index is 0.155. The number of likely N-dealkylation sites (N-methyl/N-ethyl adjacent to an activating group) is 1. The molecule has 192 valence electrons. The van der Waals surface area contributed by atoms with Gasteiger partial charge in [0, 0.05) is 32.4 Å². The van der Waals surface area contributed by atoms with Crippen molar-refractivity contribution in [3.63, 3.8) is 0 Å². The van der Waals surface area contributed by atoms with Gasteiger partial charge in [0.05, 0.1) is 41.9 Å². The Balaban J connectivity index is 1.53. The third-order valence-electron chi connectivity index (χ3n) is 6.31. The Bertz CT molecular complexity index is 1350. The third kappa shape index (κ3) is 4.77. The summed E-state index contributed by atoms with van der Waals surface area (Å²) in [6, 6.07) is 9.72. The van der Waals surface area contributed by atoms with E-state index in [0.717, 1.165) is 0 Å². The van der Waals surface area contributed by atoms with Crippen LogP contribution in [-0.4, -0.2) is 60.2 Å². The summed E-state index contributed by atoms with van der Waals surface area (Å²) in [5.41, 5.74) is 12.7. The van der Waals surface area contributed by atoms with Crippen molar-refractivity contribution in [2.24, 2.45) is 18.5 Å². The molecule has 3 aromatic rings. The minimum Gasteiger partial charge on any atom is -0.443 e. The Hall–Kier alpha value is -3.90. The third-order valence-corrected chi connectivity index (χ3v) is 6.31. The SMILES string of the molecule is CCN(CCn1c2ccc(NC(=O)CN)cc2c(=O)n1C)c1ccc(N2C[C@H](CN)OC2=O)cc1F. The number of nitrogens with one attached hydrogen (secondary N) is 1. The maximum Gasteiger partial charge on any atom is 0.414 e. The number of nitrogens with two attached hydrogens (primary N) is 2. The Kier molecular flexibility index (Phi) is 7.27. The summed E-state index contributed by atoms with van der Waals surface area (Å²) < 4.78 is 23.6. The van der Waals surface area contributed by atoms with Gasteiger partial charge >= 0.3 is 6.09 Å². The number of hydrogen-bond donors (Lipinski definition) is 3. The molecule has 1 aliphatic heterocycles. The number of nitrogens with zero attached hydrogens (tertiary/aromatic N) is 4. The molecule has 1 aliphatic rings. The lowest BCUT2D eigenvalue weighted by atomic mass is 10.2. The lowest BCUT2D eigenvalue weighted by molar-refractivity contribution is -0.114. The monoisotopic (exact) mass is 499 g/mol. The van der Waals surface area contributed by atoms with E-state index in [0.29, 0.717) is 47.6 Å². The van der Waals surface area contributed by atoms with Crippen LogP contribution in [0.3, 0.4) is 0 Å². The van der Waals surface area contributed by atoms with E-state index in [-0.39, 0.29) is 31.1 Å². The van der Waals surface area contributed by atoms with Crippen LogP contribution < -0.4 is 32.1 Å². The number of fused-ring (bicyclic) bond motifs is 1. The van der Waals surface area contributed by atoms with Crippen molar-refractivity contribution in [3.8, 4) is 0 Å². The number of benzene rings is 2. The average molecular weight is 500 g/mol. The fourth-order valence-electron chi connectivity index (χ4n) is 4.38. The second-order valence-electron chi connectivity index (χ2n) is 8.50. The second kappa shape index (κ2) is 10.4. The number of anilines is 3. The largest absolute Gasteiger partial charge is 0.443 e. The Morgan fingerprint density at radius 1 is 1.22 bits per heavy atom. The van der Waals surface area contributed by atoms with Gasteiger partial charge in [-0.2, -0.15) is 0 Å². The van der Waals surface area contributed by atoms with Gasteiger partial charge in [0.2, 0.25) is 5.91 Å². The van der Waals surface area contributed by atoms with Gasteiger partial charge in [0.1, 0.15) is 11.9 Å². The minimum atomic E-state index is -0.545. The maximum atomic E-state index is 15.1. The molecule has 4 rings (SSSR count). The molecule has 1 atom stereocenters. The van der Waals surface area contributed by atoms with E-state index in [9.17, 15) is 14.4 Å². The standard InChI is InChI=1S/C24H30FN7O4/c1-3-30(21-7-5-16(11-19(21)25)31-14-17(12-26)36-24(31)35)8-9-32-20-6-4-15(28-22(33)13-27)10-18(20)23(34)29(32)2/h4-7,10-11,17H,3,8-9,12-14,26-27H2,1-2H3,(H,28,33)/t17-/m0/s1. The van der Waals surface area contributed by atoms with Gasteiger partial charge in [-0.3, -0.25) is 23.9 Å². The van der Waals surface area contributed by atoms with Crippen LogP contribution in [0.5, 0.6) is 0 Å². The molecular formula is C24H30FN7O4. The van der Waals surface area contributed by atoms with Crippen LogP contribution in [0.4, 0.5) is 26.2 Å². The van der Waals surface area contributed by atoms with Gasteiger partial charge in [0.15, 0.2) is 0 Å². The van der Waals surface area contributed by atoms with E-state index >= 15 is 4.39 Å². The first-order chi connectivity index (χ1) is 17.3. The molecule has 36 heavy (non-hydrogen) atoms. The molecule has 11 nitrogen and oxygen atoms in total. The van der Waals surface area contributed by atoms with E-state index in [1.54, 1.807) is 37.4 Å². The fourth-order valence-corrected chi connectivity index (χ4v) is 4.38. The van der Waals surface area contributed by atoms with E-state index < -0.39 is 18.0 Å². The molecule has 0 bridgehead atoms. The number of cyclic esters (lactones) is 1. The van der Waals surface area contributed by atoms with E-state index in [1.807, 2.05) is 16.5 Å². The van der Waals surface area contributed by atoms with Gasteiger partial charge in [-0.1, -0.05) is 0 Å². The van der Waals surface area contributed by atoms with Crippen LogP contribution in [-0.2, 0) is 23.1 Å². The van der Waals surface area contributed by atoms with Crippen LogP contribution in [0.2, 0.25) is 0 Å². The zero-order valence-corrected chi connectivity index (χ0v) is 20.2. The summed E-state index contributed by atoms with van der Waals surface area (Å²) >= 11 is 0. The predicted octanol–water partition coefficient (Wildman–Crippen LogP) is 1.19. The normalized spacial score (nSPS) is 15.4. The average Bonchev–Trinajstić information content (AvgIpc) is 3.37. The van der Waals surface area contributed by atoms with E-state index in [4.69, 9.17) is 16.2 Å². The van der Waals surface area contributed by atoms with Crippen molar-refractivity contribution in [1.29, 1.82) is 0 Å². The highest BCUT2D eigenvalue weighted by molar-refractivity contribution is 5.94. The Labute approximate surface area is 207 Å². The summed E-state index contributed by atoms with van der Waals surface area (Å²) in [7, 11) is 1.66. The number of rotatable bonds is 9. The summed E-state index contributed by atoms with van der Waals surface area (Å²) in [6.45, 7) is 3.60. The Morgan fingerprint density at radius 2 is 2.00 bits per heavy atom. The van der Waals surface area contributed by atoms with Gasteiger partial charge in [-0.05, 0) is 43.3 Å². The number of aromatic nitrogens is 2. The van der Waals surface area contributed by atoms with Gasteiger partial charge < -0.3 is 26.4 Å². The number of ether oxygens (including phenoxy) is 1. The predicted molar refractivity (Wildman–Crippen MR) is 136 cm³/mol. The van der Waals surface area contributed by atoms with E-state index in [2.05, 4.69) is 5.32 Å². The number of carbonyl (C=O) groups is 2. The lowest BCUT2D eigenvalue weighted by Crippen LogP contribution is -2.31. The van der Waals surface area contributed by atoms with Crippen molar-refractivity contribution in [2.75, 3.05) is 47.8 Å². The smallest absolute Gasteiger partial charge is 0.414 e. The van der Waals surface area contributed by atoms with Crippen LogP contribution in [0, 0.1) is 5.82 Å². The molecule has 0 aliphatic carbocycles. The first kappa shape index (κ1) is 25.2. The molecule has 0 radical (unpaired) electrons. The Morgan fingerprint density at radius 3 is 2.64 bits per heavy atom. The van der Waals surface area contributed by atoms with Crippen molar-refractivity contribution in [1.82, 2.24) is 9.36 Å². The quantitative estimate of drug-likeness (QED) is 0.402. The highest BCUT2D eigenvalue weighted by atomic mass is 19.1. The number of carbonyl (C=O) groups excluding carboxylic acids is 2. The summed E-state index contributed by atoms with van der Waals surface area (Å²) in [5, 5.41) is 3.11. The highest BCUT2D eigenvalue weighted by Gasteiger charge is 2.32. The maximum absolute atomic E-state index is 15.1. The van der Waals surface area contributed by atoms with Gasteiger partial charge in [0.25, 0.3) is 5.56 Å². The second-order valence-corrected chi connectivity index (χ2v) is 8.50. The summed E-state index contributed by atoms with van der Waals surface area (Å²) in [6.07, 6.45) is -0.959. The number of hydrogen-bond acceptors (Lipinski definition) is 7. The van der Waals surface area contributed by atoms with Crippen molar-refractivity contribution < 1.29 is 18.7 Å².